The number of nitroso groups, excluding NO2 is 1. The number of hydrazone groups is 1. The molecule has 0 spiro atoms. The van der Waals surface area contributed by atoms with E-state index >= 15 is 0 Å². The Hall–Kier alpha value is -4.55. The van der Waals surface area contributed by atoms with Crippen molar-refractivity contribution >= 4 is 18.5 Å². The van der Waals surface area contributed by atoms with Crippen molar-refractivity contribution in [3.63, 3.8) is 0 Å². The first-order valence-corrected chi connectivity index (χ1v) is 11.8. The lowest BCUT2D eigenvalue weighted by Gasteiger charge is -2.23. The summed E-state index contributed by atoms with van der Waals surface area (Å²) >= 11 is 0. The minimum atomic E-state index is -3.28. The number of benzene rings is 2. The van der Waals surface area contributed by atoms with Crippen molar-refractivity contribution in [3.05, 3.63) is 70.5 Å². The summed E-state index contributed by atoms with van der Waals surface area (Å²) < 4.78 is 35.8. The van der Waals surface area contributed by atoms with Gasteiger partial charge in [0.2, 0.25) is 11.7 Å². The van der Waals surface area contributed by atoms with Gasteiger partial charge < -0.3 is 14.6 Å². The van der Waals surface area contributed by atoms with Gasteiger partial charge in [-0.15, -0.1) is 0 Å². The van der Waals surface area contributed by atoms with E-state index in [0.717, 1.165) is 5.56 Å². The van der Waals surface area contributed by atoms with Crippen LogP contribution in [0, 0.1) is 4.91 Å². The second kappa shape index (κ2) is 12.3. The zero-order valence-electron chi connectivity index (χ0n) is 22.0. The lowest BCUT2D eigenvalue weighted by molar-refractivity contribution is -0.158. The molecule has 0 saturated carbocycles. The number of rotatable bonds is 12. The topological polar surface area (TPSA) is 135 Å². The molecule has 0 aliphatic rings. The first kappa shape index (κ1) is 29.0. The number of nitrogens with zero attached hydrogens (tertiary/aromatic N) is 6. The lowest BCUT2D eigenvalue weighted by Crippen LogP contribution is -2.45. The van der Waals surface area contributed by atoms with Gasteiger partial charge in [0.05, 0.1) is 12.1 Å². The molecule has 11 nitrogen and oxygen atoms in total. The summed E-state index contributed by atoms with van der Waals surface area (Å²) in [4.78, 5) is 32.0. The molecule has 13 heteroatoms. The van der Waals surface area contributed by atoms with Crippen molar-refractivity contribution in [1.82, 2.24) is 20.5 Å². The summed E-state index contributed by atoms with van der Waals surface area (Å²) in [6.45, 7) is 9.73. The number of hydrogen-bond donors (Lipinski definition) is 1. The zero-order chi connectivity index (χ0) is 28.6. The highest BCUT2D eigenvalue weighted by Gasteiger charge is 2.23. The van der Waals surface area contributed by atoms with E-state index in [1.54, 1.807) is 56.1 Å². The van der Waals surface area contributed by atoms with Crippen LogP contribution < -0.4 is 10.1 Å². The summed E-state index contributed by atoms with van der Waals surface area (Å²) in [6.07, 6.45) is -3.28. The third kappa shape index (κ3) is 8.76. The first-order chi connectivity index (χ1) is 18.4. The molecule has 0 saturated heterocycles. The van der Waals surface area contributed by atoms with Crippen LogP contribution in [-0.2, 0) is 13.1 Å². The Morgan fingerprint density at radius 3 is 2.54 bits per heavy atom. The zero-order valence-corrected chi connectivity index (χ0v) is 22.0. The SMILES string of the molecule is C=NN(Cc1cccc(C(=O)NC(C)(C)CN=O)c1)/C(C)=N\Cc1nc(-c2ccc(OC(C)(F)F)cc2)no1. The molecule has 0 unspecified atom stereocenters. The van der Waals surface area contributed by atoms with Crippen LogP contribution in [0.1, 0.15) is 49.5 Å². The maximum Gasteiger partial charge on any atom is 0.394 e. The van der Waals surface area contributed by atoms with Crippen LogP contribution in [-0.4, -0.2) is 51.8 Å². The van der Waals surface area contributed by atoms with Crippen molar-refractivity contribution in [2.45, 2.75) is 52.4 Å². The summed E-state index contributed by atoms with van der Waals surface area (Å²) in [5.41, 5.74) is 0.990. The maximum absolute atomic E-state index is 13.0. The molecule has 0 radical (unpaired) electrons. The minimum Gasteiger partial charge on any atom is -0.433 e. The molecule has 1 heterocycles. The molecule has 1 aromatic heterocycles. The van der Waals surface area contributed by atoms with Gasteiger partial charge in [0, 0.05) is 24.8 Å². The van der Waals surface area contributed by atoms with Crippen LogP contribution in [0.2, 0.25) is 0 Å². The third-order valence-electron chi connectivity index (χ3n) is 5.30. The minimum absolute atomic E-state index is 0.0115. The van der Waals surface area contributed by atoms with E-state index in [1.165, 1.54) is 12.1 Å². The number of aliphatic imine (C=N–C) groups is 1. The number of amidine groups is 1. The van der Waals surface area contributed by atoms with Crippen LogP contribution in [0.3, 0.4) is 0 Å². The van der Waals surface area contributed by atoms with Crippen molar-refractivity contribution in [2.75, 3.05) is 6.54 Å². The highest BCUT2D eigenvalue weighted by Crippen LogP contribution is 2.24. The molecule has 3 aromatic rings. The molecular formula is C26H29F2N7O4. The normalized spacial score (nSPS) is 12.1. The number of ether oxygens (including phenoxy) is 1. The summed E-state index contributed by atoms with van der Waals surface area (Å²) in [6, 6.07) is 12.8. The van der Waals surface area contributed by atoms with Crippen molar-refractivity contribution < 1.29 is 22.8 Å². The first-order valence-electron chi connectivity index (χ1n) is 11.8. The second-order valence-electron chi connectivity index (χ2n) is 9.33. The van der Waals surface area contributed by atoms with Gasteiger partial charge in [-0.2, -0.15) is 23.8 Å². The maximum atomic E-state index is 13.0. The molecule has 1 amide bonds. The highest BCUT2D eigenvalue weighted by atomic mass is 19.3. The Bertz CT molecular complexity index is 1330. The molecule has 39 heavy (non-hydrogen) atoms. The van der Waals surface area contributed by atoms with Gasteiger partial charge >= 0.3 is 6.11 Å². The van der Waals surface area contributed by atoms with Gasteiger partial charge in [0.25, 0.3) is 5.91 Å². The summed E-state index contributed by atoms with van der Waals surface area (Å²) in [7, 11) is 0. The molecule has 206 valence electrons. The van der Waals surface area contributed by atoms with E-state index in [2.05, 4.69) is 42.2 Å². The van der Waals surface area contributed by atoms with E-state index in [0.29, 0.717) is 30.4 Å². The molecule has 0 aliphatic carbocycles. The molecule has 0 bridgehead atoms. The predicted octanol–water partition coefficient (Wildman–Crippen LogP) is 5.04. The number of nitrogens with one attached hydrogen (secondary N) is 1. The molecule has 0 atom stereocenters. The van der Waals surface area contributed by atoms with E-state index in [1.807, 2.05) is 6.07 Å². The fraction of sp³-hybridized carbons (Fsp3) is 0.346. The summed E-state index contributed by atoms with van der Waals surface area (Å²) in [5, 5.41) is 15.1. The molecular weight excluding hydrogens is 512 g/mol. The average molecular weight is 542 g/mol. The Kier molecular flexibility index (Phi) is 9.17. The Balaban J connectivity index is 1.63. The Labute approximate surface area is 223 Å². The van der Waals surface area contributed by atoms with E-state index in [9.17, 15) is 18.5 Å². The number of halogens is 2. The van der Waals surface area contributed by atoms with Gasteiger partial charge in [-0.05, 0) is 62.7 Å². The van der Waals surface area contributed by atoms with Gasteiger partial charge in [0.15, 0.2) is 0 Å². The molecule has 2 aromatic carbocycles. The number of alkyl halides is 2. The molecule has 0 fully saturated rings. The van der Waals surface area contributed by atoms with E-state index < -0.39 is 11.6 Å². The monoisotopic (exact) mass is 541 g/mol. The fourth-order valence-corrected chi connectivity index (χ4v) is 3.41. The number of hydrogen-bond acceptors (Lipinski definition) is 9. The van der Waals surface area contributed by atoms with E-state index in [4.69, 9.17) is 4.52 Å². The second-order valence-corrected chi connectivity index (χ2v) is 9.33. The van der Waals surface area contributed by atoms with E-state index in [-0.39, 0.29) is 36.5 Å². The lowest BCUT2D eigenvalue weighted by atomic mass is 10.0. The van der Waals surface area contributed by atoms with Crippen molar-refractivity contribution in [2.24, 2.45) is 15.3 Å². The standard InChI is InChI=1S/C26H29F2N7O4/c1-17(30-14-22-32-23(34-39-22)19-9-11-21(12-10-19)38-26(4,27)28)35(29-5)15-18-7-6-8-20(13-18)24(36)33-25(2,3)16-31-37/h6-13H,5,14-16H2,1-4H3,(H,33,36)/b30-17-. The predicted molar refractivity (Wildman–Crippen MR) is 142 cm³/mol. The third-order valence-corrected chi connectivity index (χ3v) is 5.30. The molecule has 0 aliphatic heterocycles. The highest BCUT2D eigenvalue weighted by molar-refractivity contribution is 5.94. The Morgan fingerprint density at radius 2 is 1.90 bits per heavy atom. The fourth-order valence-electron chi connectivity index (χ4n) is 3.41. The summed E-state index contributed by atoms with van der Waals surface area (Å²) in [5.74, 6) is 0.706. The quantitative estimate of drug-likeness (QED) is 0.147. The largest absolute Gasteiger partial charge is 0.433 e. The van der Waals surface area contributed by atoms with Crippen LogP contribution in [0.5, 0.6) is 5.75 Å². The number of aromatic nitrogens is 2. The van der Waals surface area contributed by atoms with Gasteiger partial charge in [-0.3, -0.25) is 9.79 Å². The van der Waals surface area contributed by atoms with Crippen LogP contribution in [0.25, 0.3) is 11.4 Å². The molecule has 1 N–H and O–H groups in total. The van der Waals surface area contributed by atoms with Gasteiger partial charge in [0.1, 0.15) is 24.7 Å². The number of carbonyl (C=O) groups excluding carboxylic acids is 1. The van der Waals surface area contributed by atoms with Crippen LogP contribution in [0.15, 0.2) is 68.3 Å². The number of amides is 1. The van der Waals surface area contributed by atoms with Crippen molar-refractivity contribution in [1.29, 1.82) is 0 Å². The Morgan fingerprint density at radius 1 is 1.18 bits per heavy atom. The average Bonchev–Trinajstić information content (AvgIpc) is 3.34. The smallest absolute Gasteiger partial charge is 0.394 e. The van der Waals surface area contributed by atoms with Gasteiger partial charge in [-0.25, -0.2) is 5.01 Å². The van der Waals surface area contributed by atoms with Gasteiger partial charge in [-0.1, -0.05) is 22.5 Å². The van der Waals surface area contributed by atoms with Crippen molar-refractivity contribution in [3.8, 4) is 17.1 Å². The molecule has 3 rings (SSSR count). The van der Waals surface area contributed by atoms with Crippen LogP contribution in [0.4, 0.5) is 8.78 Å². The van der Waals surface area contributed by atoms with Crippen LogP contribution >= 0.6 is 0 Å². The number of carbonyl (C=O) groups is 1.